The van der Waals surface area contributed by atoms with Crippen LogP contribution in [0.4, 0.5) is 11.4 Å². The topological polar surface area (TPSA) is 122 Å². The SMILES string of the molecule is COc1cc2c(cc1OCCCCCOc1cc3c(cc1OC)C(=O)N1C=C(C)CC1[C@H](O)N3)N=C[C@@H]1CC(C)=CN1C2=O. The average Bonchev–Trinajstić information content (AvgIpc) is 3.55. The number of fused-ring (bicyclic) bond motifs is 4. The monoisotopic (exact) mass is 602 g/mol. The Labute approximate surface area is 256 Å². The number of rotatable bonds is 10. The molecule has 0 spiro atoms. The predicted molar refractivity (Wildman–Crippen MR) is 165 cm³/mol. The van der Waals surface area contributed by atoms with Crippen molar-refractivity contribution in [1.82, 2.24) is 9.80 Å². The number of methoxy groups -OCH3 is 2. The molecule has 11 heteroatoms. The standard InChI is InChI=1S/C33H38N4O7/c1-19-10-21-16-34-24-14-29(27(41-3)12-22(24)32(39)36(21)17-19)43-8-6-5-7-9-44-30-15-25-23(13-28(30)42-4)33(40)37-18-20(2)11-26(37)31(38)35-25/h12-18,21,26,31,35,38H,5-11H2,1-4H3/t21-,26?,31-/m0/s1. The summed E-state index contributed by atoms with van der Waals surface area (Å²) in [6.07, 6.45) is 8.39. The normalized spacial score (nSPS) is 21.7. The van der Waals surface area contributed by atoms with E-state index in [9.17, 15) is 14.7 Å². The summed E-state index contributed by atoms with van der Waals surface area (Å²) in [5.74, 6) is 1.71. The van der Waals surface area contributed by atoms with E-state index in [1.165, 1.54) is 7.11 Å². The van der Waals surface area contributed by atoms with Crippen LogP contribution in [0, 0.1) is 0 Å². The number of aliphatic hydroxyl groups excluding tert-OH is 1. The number of carbonyl (C=O) groups excluding carboxylic acids is 2. The molecule has 4 aliphatic rings. The summed E-state index contributed by atoms with van der Waals surface area (Å²) >= 11 is 0. The van der Waals surface area contributed by atoms with Crippen LogP contribution in [-0.2, 0) is 0 Å². The van der Waals surface area contributed by atoms with Crippen LogP contribution in [0.15, 0.2) is 52.8 Å². The van der Waals surface area contributed by atoms with Crippen LogP contribution in [0.1, 0.15) is 66.7 Å². The zero-order valence-corrected chi connectivity index (χ0v) is 25.5. The van der Waals surface area contributed by atoms with Crippen molar-refractivity contribution >= 4 is 29.4 Å². The minimum atomic E-state index is -0.903. The fraction of sp³-hybridized carbons (Fsp3) is 0.424. The van der Waals surface area contributed by atoms with Gasteiger partial charge < -0.3 is 39.2 Å². The number of unbranched alkanes of at least 4 members (excludes halogenated alkanes) is 2. The largest absolute Gasteiger partial charge is 0.493 e. The molecule has 0 fully saturated rings. The number of nitrogens with zero attached hydrogens (tertiary/aromatic N) is 3. The molecule has 2 aromatic carbocycles. The van der Waals surface area contributed by atoms with Gasteiger partial charge in [-0.05, 0) is 58.1 Å². The quantitative estimate of drug-likeness (QED) is 0.363. The van der Waals surface area contributed by atoms with Gasteiger partial charge in [0.2, 0.25) is 0 Å². The maximum absolute atomic E-state index is 13.2. The Bertz CT molecular complexity index is 1570. The van der Waals surface area contributed by atoms with Crippen LogP contribution < -0.4 is 24.3 Å². The number of carbonyl (C=O) groups is 2. The van der Waals surface area contributed by atoms with Crippen molar-refractivity contribution in [3.63, 3.8) is 0 Å². The average molecular weight is 603 g/mol. The summed E-state index contributed by atoms with van der Waals surface area (Å²) in [5, 5.41) is 13.8. The van der Waals surface area contributed by atoms with Crippen LogP contribution in [-0.4, -0.2) is 78.7 Å². The minimum absolute atomic E-state index is 0.0666. The van der Waals surface area contributed by atoms with Crippen LogP contribution >= 0.6 is 0 Å². The van der Waals surface area contributed by atoms with Crippen LogP contribution in [0.2, 0.25) is 0 Å². The molecule has 0 aliphatic carbocycles. The van der Waals surface area contributed by atoms with Gasteiger partial charge in [-0.2, -0.15) is 0 Å². The molecule has 0 radical (unpaired) electrons. The summed E-state index contributed by atoms with van der Waals surface area (Å²) in [4.78, 5) is 34.3. The molecule has 0 aromatic heterocycles. The lowest BCUT2D eigenvalue weighted by Crippen LogP contribution is -2.42. The third kappa shape index (κ3) is 5.59. The molecule has 2 amide bonds. The maximum Gasteiger partial charge on any atom is 0.260 e. The Kier molecular flexibility index (Phi) is 8.22. The number of benzene rings is 2. The van der Waals surface area contributed by atoms with Crippen molar-refractivity contribution < 1.29 is 33.6 Å². The first-order chi connectivity index (χ1) is 21.3. The second kappa shape index (κ2) is 12.2. The minimum Gasteiger partial charge on any atom is -0.493 e. The zero-order chi connectivity index (χ0) is 31.0. The van der Waals surface area contributed by atoms with E-state index in [1.807, 2.05) is 26.3 Å². The van der Waals surface area contributed by atoms with Crippen molar-refractivity contribution in [2.24, 2.45) is 4.99 Å². The lowest BCUT2D eigenvalue weighted by atomic mass is 10.1. The van der Waals surface area contributed by atoms with Crippen molar-refractivity contribution in [3.8, 4) is 23.0 Å². The third-order valence-corrected chi connectivity index (χ3v) is 8.37. The smallest absolute Gasteiger partial charge is 0.260 e. The Morgan fingerprint density at radius 2 is 1.43 bits per heavy atom. The number of anilines is 1. The molecule has 6 rings (SSSR count). The van der Waals surface area contributed by atoms with E-state index < -0.39 is 6.23 Å². The van der Waals surface area contributed by atoms with Gasteiger partial charge in [0.15, 0.2) is 23.0 Å². The second-order valence-electron chi connectivity index (χ2n) is 11.6. The van der Waals surface area contributed by atoms with E-state index >= 15 is 0 Å². The highest BCUT2D eigenvalue weighted by atomic mass is 16.5. The van der Waals surface area contributed by atoms with Gasteiger partial charge in [-0.1, -0.05) is 11.1 Å². The maximum atomic E-state index is 13.2. The Hall–Kier alpha value is -4.51. The molecule has 3 atom stereocenters. The summed E-state index contributed by atoms with van der Waals surface area (Å²) in [7, 11) is 3.10. The molecule has 2 N–H and O–H groups in total. The molecule has 4 aliphatic heterocycles. The molecular formula is C33H38N4O7. The van der Waals surface area contributed by atoms with Crippen molar-refractivity contribution in [3.05, 3.63) is 58.9 Å². The molecule has 0 bridgehead atoms. The number of nitrogens with one attached hydrogen (secondary N) is 1. The van der Waals surface area contributed by atoms with Crippen molar-refractivity contribution in [2.75, 3.05) is 32.8 Å². The van der Waals surface area contributed by atoms with E-state index in [0.29, 0.717) is 65.1 Å². The number of hydrogen-bond donors (Lipinski definition) is 2. The Balaban J connectivity index is 1.03. The molecule has 44 heavy (non-hydrogen) atoms. The fourth-order valence-electron chi connectivity index (χ4n) is 6.11. The highest BCUT2D eigenvalue weighted by Crippen LogP contribution is 2.40. The molecule has 0 saturated heterocycles. The van der Waals surface area contributed by atoms with Gasteiger partial charge in [-0.15, -0.1) is 0 Å². The highest BCUT2D eigenvalue weighted by molar-refractivity contribution is 6.04. The highest BCUT2D eigenvalue weighted by Gasteiger charge is 2.38. The van der Waals surface area contributed by atoms with Gasteiger partial charge in [0.1, 0.15) is 6.23 Å². The molecule has 232 valence electrons. The van der Waals surface area contributed by atoms with Gasteiger partial charge in [0.05, 0.1) is 62.0 Å². The molecule has 1 unspecified atom stereocenters. The Morgan fingerprint density at radius 1 is 0.818 bits per heavy atom. The van der Waals surface area contributed by atoms with E-state index in [0.717, 1.165) is 36.8 Å². The van der Waals surface area contributed by atoms with Crippen LogP contribution in [0.5, 0.6) is 23.0 Å². The van der Waals surface area contributed by atoms with Crippen LogP contribution in [0.25, 0.3) is 0 Å². The fourth-order valence-corrected chi connectivity index (χ4v) is 6.11. The third-order valence-electron chi connectivity index (χ3n) is 8.37. The summed E-state index contributed by atoms with van der Waals surface area (Å²) < 4.78 is 23.2. The lowest BCUT2D eigenvalue weighted by molar-refractivity contribution is 0.0643. The first kappa shape index (κ1) is 29.6. The lowest BCUT2D eigenvalue weighted by Gasteiger charge is -2.24. The number of aliphatic imine (C=N–C) groups is 1. The Morgan fingerprint density at radius 3 is 2.14 bits per heavy atom. The zero-order valence-electron chi connectivity index (χ0n) is 25.5. The molecule has 11 nitrogen and oxygen atoms in total. The van der Waals surface area contributed by atoms with Gasteiger partial charge in [0, 0.05) is 30.7 Å². The van der Waals surface area contributed by atoms with E-state index in [2.05, 4.69) is 10.3 Å². The van der Waals surface area contributed by atoms with Gasteiger partial charge in [-0.3, -0.25) is 14.6 Å². The molecule has 2 aromatic rings. The number of hydrogen-bond acceptors (Lipinski definition) is 9. The predicted octanol–water partition coefficient (Wildman–Crippen LogP) is 5.03. The van der Waals surface area contributed by atoms with E-state index in [1.54, 1.807) is 47.4 Å². The van der Waals surface area contributed by atoms with E-state index in [-0.39, 0.29) is 23.9 Å². The van der Waals surface area contributed by atoms with Gasteiger partial charge >= 0.3 is 0 Å². The van der Waals surface area contributed by atoms with E-state index in [4.69, 9.17) is 18.9 Å². The first-order valence-electron chi connectivity index (χ1n) is 15.0. The van der Waals surface area contributed by atoms with Gasteiger partial charge in [0.25, 0.3) is 11.8 Å². The molecule has 4 heterocycles. The van der Waals surface area contributed by atoms with Gasteiger partial charge in [-0.25, -0.2) is 0 Å². The summed E-state index contributed by atoms with van der Waals surface area (Å²) in [5.41, 5.74) is 4.19. The summed E-state index contributed by atoms with van der Waals surface area (Å²) in [6, 6.07) is 6.44. The first-order valence-corrected chi connectivity index (χ1v) is 15.0. The van der Waals surface area contributed by atoms with Crippen molar-refractivity contribution in [2.45, 2.75) is 64.3 Å². The second-order valence-corrected chi connectivity index (χ2v) is 11.6. The number of ether oxygens (including phenoxy) is 4. The molecular weight excluding hydrogens is 564 g/mol. The van der Waals surface area contributed by atoms with Crippen molar-refractivity contribution in [1.29, 1.82) is 0 Å². The van der Waals surface area contributed by atoms with Crippen LogP contribution in [0.3, 0.4) is 0 Å². The number of aliphatic hydroxyl groups is 1. The summed E-state index contributed by atoms with van der Waals surface area (Å²) in [6.45, 7) is 4.86. The number of amides is 2. The molecule has 0 saturated carbocycles.